The molecule has 112 valence electrons. The van der Waals surface area contributed by atoms with Crippen LogP contribution < -0.4 is 10.9 Å². The minimum absolute atomic E-state index is 0.0179. The van der Waals surface area contributed by atoms with Crippen LogP contribution in [0.25, 0.3) is 0 Å². The minimum Gasteiger partial charge on any atom is -0.364 e. The molecule has 1 aromatic heterocycles. The van der Waals surface area contributed by atoms with Crippen LogP contribution in [-0.4, -0.2) is 40.1 Å². The molecule has 5 nitrogen and oxygen atoms in total. The molecule has 0 saturated heterocycles. The Hall–Kier alpha value is -1.36. The molecule has 0 aromatic carbocycles. The second-order valence-corrected chi connectivity index (χ2v) is 5.91. The van der Waals surface area contributed by atoms with Gasteiger partial charge < -0.3 is 9.88 Å². The zero-order valence-electron chi connectivity index (χ0n) is 12.8. The third-order valence-electron chi connectivity index (χ3n) is 3.64. The number of aromatic nitrogens is 2. The van der Waals surface area contributed by atoms with Crippen LogP contribution in [0.4, 0.5) is 5.82 Å². The van der Waals surface area contributed by atoms with E-state index in [4.69, 9.17) is 0 Å². The highest BCUT2D eigenvalue weighted by molar-refractivity contribution is 5.30. The maximum absolute atomic E-state index is 12.2. The van der Waals surface area contributed by atoms with Gasteiger partial charge in [0.25, 0.3) is 5.56 Å². The van der Waals surface area contributed by atoms with Crippen LogP contribution in [0.15, 0.2) is 17.2 Å². The second-order valence-electron chi connectivity index (χ2n) is 5.91. The fourth-order valence-corrected chi connectivity index (χ4v) is 2.46. The highest BCUT2D eigenvalue weighted by Crippen LogP contribution is 2.25. The molecule has 1 saturated carbocycles. The zero-order valence-corrected chi connectivity index (χ0v) is 12.8. The summed E-state index contributed by atoms with van der Waals surface area (Å²) in [6.07, 6.45) is 6.10. The molecule has 0 spiro atoms. The van der Waals surface area contributed by atoms with Gasteiger partial charge in [-0.15, -0.1) is 0 Å². The predicted octanol–water partition coefficient (Wildman–Crippen LogP) is 1.80. The number of nitrogens with zero attached hydrogens (tertiary/aromatic N) is 3. The molecule has 1 aliphatic carbocycles. The number of anilines is 1. The molecule has 0 amide bonds. The Morgan fingerprint density at radius 3 is 2.85 bits per heavy atom. The maximum Gasteiger partial charge on any atom is 0.293 e. The molecular weight excluding hydrogens is 252 g/mol. The molecule has 0 atom stereocenters. The molecule has 0 unspecified atom stereocenters. The van der Waals surface area contributed by atoms with Crippen molar-refractivity contribution >= 4 is 5.82 Å². The van der Waals surface area contributed by atoms with E-state index in [0.717, 1.165) is 32.2 Å². The van der Waals surface area contributed by atoms with E-state index >= 15 is 0 Å². The first-order chi connectivity index (χ1) is 9.61. The van der Waals surface area contributed by atoms with E-state index in [1.807, 2.05) is 0 Å². The van der Waals surface area contributed by atoms with E-state index in [1.165, 1.54) is 12.8 Å². The number of nitrogens with one attached hydrogen (secondary N) is 1. The lowest BCUT2D eigenvalue weighted by atomic mass is 10.2. The summed E-state index contributed by atoms with van der Waals surface area (Å²) in [4.78, 5) is 18.8. The van der Waals surface area contributed by atoms with Crippen molar-refractivity contribution in [2.24, 2.45) is 5.92 Å². The fraction of sp³-hybridized carbons (Fsp3) is 0.733. The lowest BCUT2D eigenvalue weighted by molar-refractivity contribution is 0.289. The first-order valence-electron chi connectivity index (χ1n) is 7.65. The molecule has 1 aromatic rings. The van der Waals surface area contributed by atoms with Crippen molar-refractivity contribution in [1.29, 1.82) is 0 Å². The average molecular weight is 278 g/mol. The van der Waals surface area contributed by atoms with Crippen molar-refractivity contribution in [3.05, 3.63) is 22.7 Å². The third-order valence-corrected chi connectivity index (χ3v) is 3.64. The van der Waals surface area contributed by atoms with Gasteiger partial charge in [-0.25, -0.2) is 4.98 Å². The molecule has 1 fully saturated rings. The summed E-state index contributed by atoms with van der Waals surface area (Å²) in [5, 5.41) is 3.19. The summed E-state index contributed by atoms with van der Waals surface area (Å²) in [5.41, 5.74) is -0.0179. The van der Waals surface area contributed by atoms with Gasteiger partial charge in [0.15, 0.2) is 5.82 Å². The molecule has 0 radical (unpaired) electrons. The number of hydrogen-bond acceptors (Lipinski definition) is 4. The highest BCUT2D eigenvalue weighted by atomic mass is 16.1. The summed E-state index contributed by atoms with van der Waals surface area (Å²) in [6, 6.07) is 0.767. The smallest absolute Gasteiger partial charge is 0.293 e. The van der Waals surface area contributed by atoms with Crippen molar-refractivity contribution in [1.82, 2.24) is 14.5 Å². The molecule has 0 bridgehead atoms. The van der Waals surface area contributed by atoms with Crippen LogP contribution in [0, 0.1) is 5.92 Å². The van der Waals surface area contributed by atoms with Gasteiger partial charge in [-0.1, -0.05) is 20.8 Å². The molecule has 0 aliphatic heterocycles. The van der Waals surface area contributed by atoms with Crippen molar-refractivity contribution in [3.8, 4) is 0 Å². The van der Waals surface area contributed by atoms with Gasteiger partial charge >= 0.3 is 0 Å². The van der Waals surface area contributed by atoms with E-state index in [2.05, 4.69) is 36.0 Å². The molecule has 1 heterocycles. The van der Waals surface area contributed by atoms with E-state index < -0.39 is 0 Å². The monoisotopic (exact) mass is 278 g/mol. The largest absolute Gasteiger partial charge is 0.364 e. The van der Waals surface area contributed by atoms with Gasteiger partial charge in [-0.3, -0.25) is 9.69 Å². The number of hydrogen-bond donors (Lipinski definition) is 1. The molecule has 1 N–H and O–H groups in total. The topological polar surface area (TPSA) is 50.2 Å². The Morgan fingerprint density at radius 1 is 1.50 bits per heavy atom. The Balaban J connectivity index is 1.90. The lowest BCUT2D eigenvalue weighted by Gasteiger charge is -2.20. The van der Waals surface area contributed by atoms with Gasteiger partial charge in [0.1, 0.15) is 0 Å². The van der Waals surface area contributed by atoms with Crippen molar-refractivity contribution in [3.63, 3.8) is 0 Å². The van der Waals surface area contributed by atoms with Crippen LogP contribution in [0.2, 0.25) is 0 Å². The summed E-state index contributed by atoms with van der Waals surface area (Å²) >= 11 is 0. The van der Waals surface area contributed by atoms with Gasteiger partial charge in [0, 0.05) is 38.1 Å². The van der Waals surface area contributed by atoms with Gasteiger partial charge in [0.2, 0.25) is 0 Å². The molecule has 1 aliphatic rings. The van der Waals surface area contributed by atoms with Crippen LogP contribution in [0.3, 0.4) is 0 Å². The van der Waals surface area contributed by atoms with Crippen molar-refractivity contribution in [2.45, 2.75) is 46.2 Å². The number of likely N-dealkylation sites (N-methyl/N-ethyl adjacent to an activating group) is 1. The van der Waals surface area contributed by atoms with Gasteiger partial charge in [-0.2, -0.15) is 0 Å². The van der Waals surface area contributed by atoms with E-state index in [0.29, 0.717) is 11.7 Å². The van der Waals surface area contributed by atoms with Crippen molar-refractivity contribution < 1.29 is 0 Å². The van der Waals surface area contributed by atoms with Crippen LogP contribution in [-0.2, 0) is 6.54 Å². The molecular formula is C15H26N4O. The quantitative estimate of drug-likeness (QED) is 0.788. The van der Waals surface area contributed by atoms with E-state index in [1.54, 1.807) is 17.0 Å². The molecule has 2 rings (SSSR count). The maximum atomic E-state index is 12.2. The van der Waals surface area contributed by atoms with E-state index in [-0.39, 0.29) is 5.56 Å². The first-order valence-corrected chi connectivity index (χ1v) is 7.65. The lowest BCUT2D eigenvalue weighted by Crippen LogP contribution is -2.33. The summed E-state index contributed by atoms with van der Waals surface area (Å²) < 4.78 is 1.73. The Labute approximate surface area is 121 Å². The normalized spacial score (nSPS) is 15.1. The average Bonchev–Trinajstić information content (AvgIpc) is 3.22. The van der Waals surface area contributed by atoms with Crippen LogP contribution in [0.5, 0.6) is 0 Å². The fourth-order valence-electron chi connectivity index (χ4n) is 2.46. The molecule has 5 heteroatoms. The van der Waals surface area contributed by atoms with Gasteiger partial charge in [0.05, 0.1) is 0 Å². The Bertz CT molecular complexity index is 479. The first kappa shape index (κ1) is 15.0. The summed E-state index contributed by atoms with van der Waals surface area (Å²) in [6.45, 7) is 9.96. The summed E-state index contributed by atoms with van der Waals surface area (Å²) in [7, 11) is 0. The standard InChI is InChI=1S/C15H26N4O/c1-4-18(13-5-6-13)9-7-16-14-15(20)19(10-8-17-14)11-12(2)3/h8,10,12-13H,4-7,9,11H2,1-3H3,(H,16,17). The zero-order chi connectivity index (χ0) is 14.5. The SMILES string of the molecule is CCN(CCNc1nccn(CC(C)C)c1=O)C1CC1. The Kier molecular flexibility index (Phi) is 5.17. The highest BCUT2D eigenvalue weighted by Gasteiger charge is 2.27. The molecule has 20 heavy (non-hydrogen) atoms. The second kappa shape index (κ2) is 6.88. The van der Waals surface area contributed by atoms with E-state index in [9.17, 15) is 4.79 Å². The van der Waals surface area contributed by atoms with Gasteiger partial charge in [-0.05, 0) is 25.3 Å². The third kappa shape index (κ3) is 4.07. The number of rotatable bonds is 8. The Morgan fingerprint density at radius 2 is 2.25 bits per heavy atom. The summed E-state index contributed by atoms with van der Waals surface area (Å²) in [5.74, 6) is 0.924. The van der Waals surface area contributed by atoms with Crippen LogP contribution in [0.1, 0.15) is 33.6 Å². The predicted molar refractivity (Wildman–Crippen MR) is 82.1 cm³/mol. The van der Waals surface area contributed by atoms with Crippen LogP contribution >= 0.6 is 0 Å². The minimum atomic E-state index is -0.0179. The van der Waals surface area contributed by atoms with Crippen molar-refractivity contribution in [2.75, 3.05) is 25.0 Å².